The van der Waals surface area contributed by atoms with Gasteiger partial charge in [-0.1, -0.05) is 13.3 Å². The second-order valence-corrected chi connectivity index (χ2v) is 3.86. The number of nitrogens with one attached hydrogen (secondary N) is 1. The first kappa shape index (κ1) is 14.9. The second-order valence-electron chi connectivity index (χ2n) is 3.86. The number of aliphatic carboxylic acids is 1. The first-order chi connectivity index (χ1) is 5.86. The summed E-state index contributed by atoms with van der Waals surface area (Å²) in [5.41, 5.74) is 1.99. The quantitative estimate of drug-likeness (QED) is 0.357. The Hall–Kier alpha value is -0.610. The lowest BCUT2D eigenvalue weighted by molar-refractivity contribution is -0.145. The van der Waals surface area contributed by atoms with Crippen molar-refractivity contribution in [3.05, 3.63) is 0 Å². The molecule has 0 atom stereocenters. The van der Waals surface area contributed by atoms with Crippen LogP contribution in [0.3, 0.4) is 0 Å². The van der Waals surface area contributed by atoms with Gasteiger partial charge in [0.15, 0.2) is 0 Å². The molecule has 0 radical (unpaired) electrons. The molecular weight excluding hydrogens is 168 g/mol. The number of carboxylic acid groups (broad SMARTS) is 1. The third-order valence-electron chi connectivity index (χ3n) is 1.32. The highest BCUT2D eigenvalue weighted by molar-refractivity contribution is 5.72. The third-order valence-corrected chi connectivity index (χ3v) is 1.32. The summed E-state index contributed by atoms with van der Waals surface area (Å²) in [6.07, 6.45) is 2.39. The van der Waals surface area contributed by atoms with E-state index in [-0.39, 0.29) is 0 Å². The van der Waals surface area contributed by atoms with Crippen LogP contribution in [0.1, 0.15) is 40.5 Å². The Morgan fingerprint density at radius 1 is 1.46 bits per heavy atom. The Morgan fingerprint density at radius 3 is 1.92 bits per heavy atom. The average molecular weight is 190 g/mol. The van der Waals surface area contributed by atoms with Crippen LogP contribution in [0.2, 0.25) is 0 Å². The number of carbonyl (C=O) groups is 1. The molecule has 0 spiro atoms. The summed E-state index contributed by atoms with van der Waals surface area (Å²) < 4.78 is 0. The molecule has 13 heavy (non-hydrogen) atoms. The second kappa shape index (κ2) is 8.01. The highest BCUT2D eigenvalue weighted by Gasteiger charge is 2.18. The van der Waals surface area contributed by atoms with Crippen LogP contribution < -0.4 is 11.3 Å². The van der Waals surface area contributed by atoms with Crippen LogP contribution in [-0.2, 0) is 4.79 Å². The molecule has 0 bridgehead atoms. The fraction of sp³-hybridized carbons (Fsp3) is 0.889. The molecule has 0 amide bonds. The molecule has 0 aromatic rings. The maximum absolute atomic E-state index is 10.0. The molecule has 0 aliphatic heterocycles. The third kappa shape index (κ3) is 14.3. The van der Waals surface area contributed by atoms with E-state index in [2.05, 4.69) is 12.3 Å². The zero-order valence-electron chi connectivity index (χ0n) is 9.05. The number of unbranched alkanes of at least 4 members (excludes halogenated alkanes) is 1. The molecule has 0 aliphatic rings. The summed E-state index contributed by atoms with van der Waals surface area (Å²) in [6, 6.07) is 0. The van der Waals surface area contributed by atoms with Crippen LogP contribution in [0.25, 0.3) is 0 Å². The number of hydrazine groups is 1. The molecular formula is C9H22N2O2. The van der Waals surface area contributed by atoms with Crippen molar-refractivity contribution in [3.8, 4) is 0 Å². The van der Waals surface area contributed by atoms with Crippen molar-refractivity contribution < 1.29 is 9.90 Å². The molecule has 4 nitrogen and oxygen atoms in total. The Kier molecular flexibility index (Phi) is 9.17. The van der Waals surface area contributed by atoms with Gasteiger partial charge in [0.1, 0.15) is 0 Å². The monoisotopic (exact) mass is 190 g/mol. The van der Waals surface area contributed by atoms with Gasteiger partial charge < -0.3 is 5.11 Å². The van der Waals surface area contributed by atoms with Gasteiger partial charge in [0.25, 0.3) is 0 Å². The maximum Gasteiger partial charge on any atom is 0.308 e. The van der Waals surface area contributed by atoms with E-state index in [0.717, 1.165) is 6.54 Å². The van der Waals surface area contributed by atoms with Gasteiger partial charge in [-0.3, -0.25) is 16.1 Å². The maximum atomic E-state index is 10.0. The molecule has 4 N–H and O–H groups in total. The lowest BCUT2D eigenvalue weighted by Gasteiger charge is -2.08. The minimum atomic E-state index is -0.757. The molecule has 0 fully saturated rings. The highest BCUT2D eigenvalue weighted by Crippen LogP contribution is 2.11. The number of rotatable bonds is 3. The number of carboxylic acids is 1. The molecule has 0 heterocycles. The smallest absolute Gasteiger partial charge is 0.308 e. The van der Waals surface area contributed by atoms with E-state index in [9.17, 15) is 4.79 Å². The van der Waals surface area contributed by atoms with Gasteiger partial charge >= 0.3 is 5.97 Å². The first-order valence-corrected chi connectivity index (χ1v) is 4.53. The lowest BCUT2D eigenvalue weighted by atomic mass is 9.98. The largest absolute Gasteiger partial charge is 0.481 e. The van der Waals surface area contributed by atoms with Gasteiger partial charge in [-0.05, 0) is 27.2 Å². The minimum Gasteiger partial charge on any atom is -0.481 e. The highest BCUT2D eigenvalue weighted by atomic mass is 16.4. The zero-order chi connectivity index (χ0) is 10.9. The molecule has 0 aromatic heterocycles. The van der Waals surface area contributed by atoms with Crippen LogP contribution in [-0.4, -0.2) is 17.6 Å². The van der Waals surface area contributed by atoms with Gasteiger partial charge in [0.05, 0.1) is 5.41 Å². The summed E-state index contributed by atoms with van der Waals surface area (Å²) in [6.45, 7) is 8.06. The average Bonchev–Trinajstić information content (AvgIpc) is 2.00. The molecule has 80 valence electrons. The summed E-state index contributed by atoms with van der Waals surface area (Å²) in [5, 5.41) is 8.25. The van der Waals surface area contributed by atoms with Crippen LogP contribution in [0, 0.1) is 5.41 Å². The van der Waals surface area contributed by atoms with E-state index in [0.29, 0.717) is 0 Å². The number of hydrogen-bond donors (Lipinski definition) is 3. The van der Waals surface area contributed by atoms with Crippen molar-refractivity contribution in [2.75, 3.05) is 6.54 Å². The van der Waals surface area contributed by atoms with Gasteiger partial charge in [-0.25, -0.2) is 0 Å². The van der Waals surface area contributed by atoms with Gasteiger partial charge in [-0.15, -0.1) is 0 Å². The Labute approximate surface area is 80.5 Å². The van der Waals surface area contributed by atoms with E-state index < -0.39 is 11.4 Å². The van der Waals surface area contributed by atoms with Crippen LogP contribution >= 0.6 is 0 Å². The molecule has 0 rings (SSSR count). The normalized spacial score (nSPS) is 10.2. The summed E-state index contributed by atoms with van der Waals surface area (Å²) >= 11 is 0. The summed E-state index contributed by atoms with van der Waals surface area (Å²) in [5.74, 6) is 4.21. The number of nitrogens with two attached hydrogens (primary N) is 1. The molecule has 0 aliphatic carbocycles. The molecule has 4 heteroatoms. The van der Waals surface area contributed by atoms with Gasteiger partial charge in [0, 0.05) is 6.54 Å². The lowest BCUT2D eigenvalue weighted by Crippen LogP contribution is -2.22. The Bertz CT molecular complexity index is 126. The standard InChI is InChI=1S/C5H10O2.C4H12N2/c1-5(2,3)4(6)7;1-2-3-4-6-5/h1-3H3,(H,6,7);6H,2-5H2,1H3. The molecule has 0 unspecified atom stereocenters. The molecule has 0 saturated heterocycles. The summed E-state index contributed by atoms with van der Waals surface area (Å²) in [4.78, 5) is 10.0. The van der Waals surface area contributed by atoms with E-state index in [1.165, 1.54) is 12.8 Å². The number of hydrogen-bond acceptors (Lipinski definition) is 3. The fourth-order valence-electron chi connectivity index (χ4n) is 0.279. The molecule has 0 aromatic carbocycles. The van der Waals surface area contributed by atoms with Crippen LogP contribution in [0.15, 0.2) is 0 Å². The zero-order valence-corrected chi connectivity index (χ0v) is 9.05. The first-order valence-electron chi connectivity index (χ1n) is 4.53. The fourth-order valence-corrected chi connectivity index (χ4v) is 0.279. The van der Waals surface area contributed by atoms with E-state index in [1.807, 2.05) is 0 Å². The Morgan fingerprint density at radius 2 is 1.85 bits per heavy atom. The summed E-state index contributed by atoms with van der Waals surface area (Å²) in [7, 11) is 0. The van der Waals surface area contributed by atoms with Crippen molar-refractivity contribution >= 4 is 5.97 Å². The molecule has 0 saturated carbocycles. The van der Waals surface area contributed by atoms with Crippen molar-refractivity contribution in [2.45, 2.75) is 40.5 Å². The van der Waals surface area contributed by atoms with Gasteiger partial charge in [-0.2, -0.15) is 0 Å². The van der Waals surface area contributed by atoms with E-state index >= 15 is 0 Å². The predicted molar refractivity (Wildman–Crippen MR) is 54.2 cm³/mol. The minimum absolute atomic E-state index is 0.583. The Balaban J connectivity index is 0. The van der Waals surface area contributed by atoms with Gasteiger partial charge in [0.2, 0.25) is 0 Å². The predicted octanol–water partition coefficient (Wildman–Crippen LogP) is 1.37. The topological polar surface area (TPSA) is 75.3 Å². The SMILES string of the molecule is CC(C)(C)C(=O)O.CCCCNN. The van der Waals surface area contributed by atoms with Crippen molar-refractivity contribution in [1.82, 2.24) is 5.43 Å². The van der Waals surface area contributed by atoms with Crippen molar-refractivity contribution in [1.29, 1.82) is 0 Å². The van der Waals surface area contributed by atoms with Crippen LogP contribution in [0.5, 0.6) is 0 Å². The van der Waals surface area contributed by atoms with Crippen LogP contribution in [0.4, 0.5) is 0 Å². The van der Waals surface area contributed by atoms with E-state index in [1.54, 1.807) is 20.8 Å². The van der Waals surface area contributed by atoms with Crippen molar-refractivity contribution in [3.63, 3.8) is 0 Å². The van der Waals surface area contributed by atoms with Crippen molar-refractivity contribution in [2.24, 2.45) is 11.3 Å². The van der Waals surface area contributed by atoms with E-state index in [4.69, 9.17) is 10.9 Å².